The van der Waals surface area contributed by atoms with Crippen molar-refractivity contribution >= 4 is 17.7 Å². The Morgan fingerprint density at radius 1 is 1.35 bits per heavy atom. The molecule has 0 bridgehead atoms. The molecule has 2 atom stereocenters. The summed E-state index contributed by atoms with van der Waals surface area (Å²) in [5.41, 5.74) is -0.692. The third-order valence-electron chi connectivity index (χ3n) is 3.50. The number of aromatic hydroxyl groups is 1. The highest BCUT2D eigenvalue weighted by Crippen LogP contribution is 2.27. The first-order valence-corrected chi connectivity index (χ1v) is 8.07. The van der Waals surface area contributed by atoms with Gasteiger partial charge >= 0.3 is 17.7 Å². The van der Waals surface area contributed by atoms with Crippen LogP contribution in [0.4, 0.5) is 10.5 Å². The van der Waals surface area contributed by atoms with E-state index in [0.29, 0.717) is 5.56 Å². The van der Waals surface area contributed by atoms with E-state index in [0.717, 1.165) is 0 Å². The number of nitro benzene ring substituents is 1. The summed E-state index contributed by atoms with van der Waals surface area (Å²) in [4.78, 5) is 33.4. The van der Waals surface area contributed by atoms with Gasteiger partial charge in [0.1, 0.15) is 5.60 Å². The molecule has 9 nitrogen and oxygen atoms in total. The molecule has 0 aliphatic carbocycles. The van der Waals surface area contributed by atoms with Gasteiger partial charge in [0.05, 0.1) is 10.8 Å². The van der Waals surface area contributed by atoms with E-state index in [-0.39, 0.29) is 12.8 Å². The van der Waals surface area contributed by atoms with Crippen molar-refractivity contribution in [1.82, 2.24) is 5.32 Å². The highest BCUT2D eigenvalue weighted by atomic mass is 16.6. The van der Waals surface area contributed by atoms with Crippen molar-refractivity contribution < 1.29 is 29.5 Å². The predicted molar refractivity (Wildman–Crippen MR) is 93.0 cm³/mol. The summed E-state index contributed by atoms with van der Waals surface area (Å²) >= 11 is 0. The average Bonchev–Trinajstić information content (AvgIpc) is 2.46. The highest BCUT2D eigenvalue weighted by Gasteiger charge is 2.24. The lowest BCUT2D eigenvalue weighted by atomic mass is 9.96. The Morgan fingerprint density at radius 3 is 2.46 bits per heavy atom. The molecular formula is C17H24N2O7. The van der Waals surface area contributed by atoms with Crippen LogP contribution in [0.25, 0.3) is 0 Å². The number of nitro groups is 1. The topological polar surface area (TPSA) is 139 Å². The van der Waals surface area contributed by atoms with Gasteiger partial charge in [-0.05, 0) is 45.2 Å². The van der Waals surface area contributed by atoms with E-state index in [2.05, 4.69) is 5.32 Å². The third-order valence-corrected chi connectivity index (χ3v) is 3.50. The second kappa shape index (κ2) is 8.50. The van der Waals surface area contributed by atoms with E-state index in [1.54, 1.807) is 20.8 Å². The molecule has 0 spiro atoms. The van der Waals surface area contributed by atoms with Crippen molar-refractivity contribution in [3.63, 3.8) is 0 Å². The van der Waals surface area contributed by atoms with Crippen molar-refractivity contribution in [2.24, 2.45) is 5.92 Å². The van der Waals surface area contributed by atoms with Gasteiger partial charge in [-0.2, -0.15) is 0 Å². The van der Waals surface area contributed by atoms with E-state index >= 15 is 0 Å². The van der Waals surface area contributed by atoms with Crippen LogP contribution in [0.5, 0.6) is 5.75 Å². The molecule has 0 unspecified atom stereocenters. The summed E-state index contributed by atoms with van der Waals surface area (Å²) in [6.45, 7) is 6.60. The quantitative estimate of drug-likeness (QED) is 0.496. The van der Waals surface area contributed by atoms with Crippen molar-refractivity contribution in [2.45, 2.75) is 52.2 Å². The van der Waals surface area contributed by atoms with Gasteiger partial charge in [-0.1, -0.05) is 13.0 Å². The second-order valence-corrected chi connectivity index (χ2v) is 7.10. The number of phenols is 1. The lowest BCUT2D eigenvalue weighted by Gasteiger charge is -2.24. The molecule has 26 heavy (non-hydrogen) atoms. The number of hydrogen-bond donors (Lipinski definition) is 3. The van der Waals surface area contributed by atoms with Crippen LogP contribution in [0.1, 0.15) is 39.7 Å². The fraction of sp³-hybridized carbons (Fsp3) is 0.529. The fourth-order valence-corrected chi connectivity index (χ4v) is 2.32. The number of benzene rings is 1. The van der Waals surface area contributed by atoms with Gasteiger partial charge in [0, 0.05) is 12.1 Å². The summed E-state index contributed by atoms with van der Waals surface area (Å²) in [6, 6.07) is 3.26. The number of amides is 1. The van der Waals surface area contributed by atoms with Gasteiger partial charge in [0.2, 0.25) is 0 Å². The molecule has 0 aliphatic rings. The molecule has 144 valence electrons. The van der Waals surface area contributed by atoms with Crippen molar-refractivity contribution in [3.8, 4) is 5.75 Å². The molecule has 9 heteroatoms. The van der Waals surface area contributed by atoms with Crippen LogP contribution >= 0.6 is 0 Å². The lowest BCUT2D eigenvalue weighted by molar-refractivity contribution is -0.385. The number of phenolic OH excluding ortho intramolecular Hbond substituents is 1. The van der Waals surface area contributed by atoms with E-state index in [1.807, 2.05) is 0 Å². The maximum atomic E-state index is 12.0. The normalized spacial score (nSPS) is 13.5. The fourth-order valence-electron chi connectivity index (χ4n) is 2.32. The zero-order valence-electron chi connectivity index (χ0n) is 15.2. The molecule has 0 aliphatic heterocycles. The minimum absolute atomic E-state index is 0.114. The Morgan fingerprint density at radius 2 is 1.96 bits per heavy atom. The number of carboxylic acid groups (broad SMARTS) is 1. The van der Waals surface area contributed by atoms with Crippen molar-refractivity contribution in [1.29, 1.82) is 0 Å². The van der Waals surface area contributed by atoms with Crippen LogP contribution < -0.4 is 5.32 Å². The Labute approximate surface area is 151 Å². The molecule has 1 aromatic rings. The number of carbonyl (C=O) groups excluding carboxylic acids is 1. The first-order valence-electron chi connectivity index (χ1n) is 8.07. The van der Waals surface area contributed by atoms with Gasteiger partial charge in [-0.25, -0.2) is 4.79 Å². The number of ether oxygens (including phenoxy) is 1. The number of aliphatic carboxylic acids is 1. The summed E-state index contributed by atoms with van der Waals surface area (Å²) < 4.78 is 5.18. The molecular weight excluding hydrogens is 344 g/mol. The SMILES string of the molecule is C[C@H](C[C@@H](Cc1ccc(O)c([N+](=O)[O-])c1)NC(=O)OC(C)(C)C)C(=O)O. The first-order chi connectivity index (χ1) is 11.9. The predicted octanol–water partition coefficient (Wildman–Crippen LogP) is 2.85. The standard InChI is InChI=1S/C17H24N2O7/c1-10(15(21)22)7-12(18-16(23)26-17(2,3)4)8-11-5-6-14(20)13(9-11)19(24)25/h5-6,9-10,12,20H,7-8H2,1-4H3,(H,18,23)(H,21,22)/t10-,12+/m1/s1. The number of carbonyl (C=O) groups is 2. The zero-order valence-corrected chi connectivity index (χ0v) is 15.2. The van der Waals surface area contributed by atoms with Gasteiger partial charge in [-0.15, -0.1) is 0 Å². The van der Waals surface area contributed by atoms with Crippen LogP contribution in [-0.4, -0.2) is 38.8 Å². The van der Waals surface area contributed by atoms with E-state index in [4.69, 9.17) is 9.84 Å². The number of carboxylic acids is 1. The first kappa shape index (κ1) is 21.2. The van der Waals surface area contributed by atoms with Crippen LogP contribution in [0, 0.1) is 16.0 Å². The van der Waals surface area contributed by atoms with Gasteiger partial charge < -0.3 is 20.3 Å². The minimum Gasteiger partial charge on any atom is -0.502 e. The van der Waals surface area contributed by atoms with Crippen LogP contribution in [-0.2, 0) is 16.0 Å². The minimum atomic E-state index is -1.02. The van der Waals surface area contributed by atoms with Crippen LogP contribution in [0.3, 0.4) is 0 Å². The van der Waals surface area contributed by atoms with E-state index < -0.39 is 46.0 Å². The van der Waals surface area contributed by atoms with Gasteiger partial charge in [-0.3, -0.25) is 14.9 Å². The molecule has 0 saturated carbocycles. The molecule has 3 N–H and O–H groups in total. The Bertz CT molecular complexity index is 682. The van der Waals surface area contributed by atoms with Crippen molar-refractivity contribution in [2.75, 3.05) is 0 Å². The third kappa shape index (κ3) is 6.96. The lowest BCUT2D eigenvalue weighted by Crippen LogP contribution is -2.41. The number of nitrogens with one attached hydrogen (secondary N) is 1. The maximum absolute atomic E-state index is 12.0. The van der Waals surface area contributed by atoms with Crippen LogP contribution in [0.2, 0.25) is 0 Å². The summed E-state index contributed by atoms with van der Waals surface area (Å²) in [7, 11) is 0. The second-order valence-electron chi connectivity index (χ2n) is 7.10. The molecule has 0 saturated heterocycles. The summed E-state index contributed by atoms with van der Waals surface area (Å²) in [5.74, 6) is -2.21. The van der Waals surface area contributed by atoms with E-state index in [9.17, 15) is 24.8 Å². The van der Waals surface area contributed by atoms with Gasteiger partial charge in [0.25, 0.3) is 0 Å². The zero-order chi connectivity index (χ0) is 20.1. The smallest absolute Gasteiger partial charge is 0.407 e. The summed E-state index contributed by atoms with van der Waals surface area (Å²) in [5, 5.41) is 32.2. The Hall–Kier alpha value is -2.84. The molecule has 0 heterocycles. The highest BCUT2D eigenvalue weighted by molar-refractivity contribution is 5.70. The maximum Gasteiger partial charge on any atom is 0.407 e. The van der Waals surface area contributed by atoms with Crippen molar-refractivity contribution in [3.05, 3.63) is 33.9 Å². The van der Waals surface area contributed by atoms with Gasteiger partial charge in [0.15, 0.2) is 5.75 Å². The molecule has 1 rings (SSSR count). The number of rotatable bonds is 7. The molecule has 1 amide bonds. The molecule has 0 fully saturated rings. The van der Waals surface area contributed by atoms with E-state index in [1.165, 1.54) is 25.1 Å². The Balaban J connectivity index is 2.98. The average molecular weight is 368 g/mol. The monoisotopic (exact) mass is 368 g/mol. The molecule has 0 aromatic heterocycles. The Kier molecular flexibility index (Phi) is 6.93. The van der Waals surface area contributed by atoms with Crippen LogP contribution in [0.15, 0.2) is 18.2 Å². The number of hydrogen-bond acceptors (Lipinski definition) is 6. The number of alkyl carbamates (subject to hydrolysis) is 1. The number of nitrogens with zero attached hydrogens (tertiary/aromatic N) is 1. The largest absolute Gasteiger partial charge is 0.502 e. The molecule has 0 radical (unpaired) electrons. The molecule has 1 aromatic carbocycles. The summed E-state index contributed by atoms with van der Waals surface area (Å²) in [6.07, 6.45) is -0.435.